The smallest absolute Gasteiger partial charge is 0.157 e. The van der Waals surface area contributed by atoms with Gasteiger partial charge in [0.05, 0.1) is 5.69 Å². The predicted molar refractivity (Wildman–Crippen MR) is 59.8 cm³/mol. The lowest BCUT2D eigenvalue weighted by Gasteiger charge is -2.09. The fourth-order valence-corrected chi connectivity index (χ4v) is 1.98. The van der Waals surface area contributed by atoms with Crippen molar-refractivity contribution in [2.24, 2.45) is 0 Å². The Morgan fingerprint density at radius 1 is 1.38 bits per heavy atom. The van der Waals surface area contributed by atoms with Crippen molar-refractivity contribution in [1.82, 2.24) is 15.3 Å². The molecule has 1 saturated carbocycles. The highest BCUT2D eigenvalue weighted by Crippen LogP contribution is 2.25. The number of rotatable bonds is 4. The first kappa shape index (κ1) is 10.2. The zero-order chi connectivity index (χ0) is 10.8. The van der Waals surface area contributed by atoms with Crippen LogP contribution in [0.15, 0.2) is 12.3 Å². The maximum atomic E-state index is 5.59. The van der Waals surface area contributed by atoms with Crippen molar-refractivity contribution in [3.05, 3.63) is 23.8 Å². The molecule has 1 aliphatic carbocycles. The van der Waals surface area contributed by atoms with Gasteiger partial charge in [-0.25, -0.2) is 9.97 Å². The fraction of sp³-hybridized carbons (Fsp3) is 0.667. The molecule has 2 heterocycles. The minimum absolute atomic E-state index is 0.126. The fourth-order valence-electron chi connectivity index (χ4n) is 1.98. The lowest BCUT2D eigenvalue weighted by Crippen LogP contribution is -2.17. The molecule has 1 saturated heterocycles. The topological polar surface area (TPSA) is 47.0 Å². The quantitative estimate of drug-likeness (QED) is 0.835. The summed E-state index contributed by atoms with van der Waals surface area (Å²) in [6, 6.07) is 2.70. The van der Waals surface area contributed by atoms with Crippen molar-refractivity contribution in [3.63, 3.8) is 0 Å². The number of ether oxygens (including phenoxy) is 1. The number of hydrogen-bond donors (Lipinski definition) is 1. The Labute approximate surface area is 95.4 Å². The van der Waals surface area contributed by atoms with Gasteiger partial charge < -0.3 is 10.1 Å². The van der Waals surface area contributed by atoms with E-state index in [2.05, 4.69) is 15.3 Å². The highest BCUT2D eigenvalue weighted by molar-refractivity contribution is 5.05. The van der Waals surface area contributed by atoms with Crippen LogP contribution < -0.4 is 5.32 Å². The first-order valence-corrected chi connectivity index (χ1v) is 6.08. The van der Waals surface area contributed by atoms with Crippen molar-refractivity contribution in [2.75, 3.05) is 6.61 Å². The molecular weight excluding hydrogens is 202 g/mol. The average molecular weight is 219 g/mol. The molecule has 4 nitrogen and oxygen atoms in total. The summed E-state index contributed by atoms with van der Waals surface area (Å²) in [7, 11) is 0. The molecule has 1 aromatic heterocycles. The molecule has 0 amide bonds. The van der Waals surface area contributed by atoms with E-state index in [1.807, 2.05) is 12.3 Å². The van der Waals surface area contributed by atoms with E-state index in [-0.39, 0.29) is 6.10 Å². The van der Waals surface area contributed by atoms with Crippen LogP contribution in [0.1, 0.15) is 43.3 Å². The van der Waals surface area contributed by atoms with E-state index in [0.717, 1.165) is 43.6 Å². The lowest BCUT2D eigenvalue weighted by molar-refractivity contribution is 0.105. The number of nitrogens with zero attached hydrogens (tertiary/aromatic N) is 2. The number of nitrogens with one attached hydrogen (secondary N) is 1. The number of hydrogen-bond acceptors (Lipinski definition) is 4. The first-order valence-electron chi connectivity index (χ1n) is 6.08. The van der Waals surface area contributed by atoms with E-state index in [9.17, 15) is 0 Å². The molecule has 0 radical (unpaired) electrons. The molecule has 0 aromatic carbocycles. The van der Waals surface area contributed by atoms with Crippen molar-refractivity contribution in [3.8, 4) is 0 Å². The number of aromatic nitrogens is 2. The van der Waals surface area contributed by atoms with E-state index in [4.69, 9.17) is 4.74 Å². The Morgan fingerprint density at radius 2 is 2.31 bits per heavy atom. The van der Waals surface area contributed by atoms with E-state index in [1.165, 1.54) is 12.8 Å². The maximum Gasteiger partial charge on any atom is 0.157 e. The third-order valence-electron chi connectivity index (χ3n) is 3.10. The van der Waals surface area contributed by atoms with Crippen LogP contribution in [-0.4, -0.2) is 22.6 Å². The molecule has 2 fully saturated rings. The predicted octanol–water partition coefficient (Wildman–Crippen LogP) is 1.58. The van der Waals surface area contributed by atoms with Crippen LogP contribution in [0.5, 0.6) is 0 Å². The molecular formula is C12H17N3O. The third-order valence-corrected chi connectivity index (χ3v) is 3.10. The Bertz CT molecular complexity index is 359. The summed E-state index contributed by atoms with van der Waals surface area (Å²) in [6.07, 6.45) is 6.76. The summed E-state index contributed by atoms with van der Waals surface area (Å²) in [5, 5.41) is 3.46. The van der Waals surface area contributed by atoms with Crippen molar-refractivity contribution >= 4 is 0 Å². The largest absolute Gasteiger partial charge is 0.370 e. The van der Waals surface area contributed by atoms with Gasteiger partial charge in [0.15, 0.2) is 5.82 Å². The van der Waals surface area contributed by atoms with Gasteiger partial charge in [0.25, 0.3) is 0 Å². The third kappa shape index (κ3) is 2.39. The second-order valence-corrected chi connectivity index (χ2v) is 4.56. The highest BCUT2D eigenvalue weighted by atomic mass is 16.5. The van der Waals surface area contributed by atoms with Gasteiger partial charge in [-0.1, -0.05) is 0 Å². The van der Waals surface area contributed by atoms with E-state index in [0.29, 0.717) is 0 Å². The zero-order valence-electron chi connectivity index (χ0n) is 9.35. The normalized spacial score (nSPS) is 24.9. The standard InChI is InChI=1S/C12H17N3O/c1-2-11(16-7-1)12-13-6-5-10(15-12)8-14-9-3-4-9/h5-6,9,11,14H,1-4,7-8H2. The summed E-state index contributed by atoms with van der Waals surface area (Å²) in [5.41, 5.74) is 1.08. The lowest BCUT2D eigenvalue weighted by atomic mass is 10.2. The molecule has 86 valence electrons. The average Bonchev–Trinajstić information content (AvgIpc) is 2.99. The monoisotopic (exact) mass is 219 g/mol. The molecule has 0 spiro atoms. The Kier molecular flexibility index (Phi) is 2.84. The second kappa shape index (κ2) is 4.47. The van der Waals surface area contributed by atoms with E-state index in [1.54, 1.807) is 0 Å². The van der Waals surface area contributed by atoms with Crippen molar-refractivity contribution in [2.45, 2.75) is 44.4 Å². The minimum atomic E-state index is 0.126. The van der Waals surface area contributed by atoms with Crippen LogP contribution in [-0.2, 0) is 11.3 Å². The summed E-state index contributed by atoms with van der Waals surface area (Å²) >= 11 is 0. The Balaban J connectivity index is 1.65. The van der Waals surface area contributed by atoms with Gasteiger partial charge in [0.1, 0.15) is 6.10 Å². The molecule has 3 rings (SSSR count). The van der Waals surface area contributed by atoms with Gasteiger partial charge >= 0.3 is 0 Å². The van der Waals surface area contributed by atoms with Crippen molar-refractivity contribution < 1.29 is 4.74 Å². The van der Waals surface area contributed by atoms with Gasteiger partial charge in [0.2, 0.25) is 0 Å². The second-order valence-electron chi connectivity index (χ2n) is 4.56. The summed E-state index contributed by atoms with van der Waals surface area (Å²) in [4.78, 5) is 8.86. The van der Waals surface area contributed by atoms with Crippen LogP contribution in [0.2, 0.25) is 0 Å². The van der Waals surface area contributed by atoms with Crippen LogP contribution in [0.25, 0.3) is 0 Å². The molecule has 1 aromatic rings. The van der Waals surface area contributed by atoms with Gasteiger partial charge in [-0.3, -0.25) is 0 Å². The van der Waals surface area contributed by atoms with Crippen LogP contribution in [0.3, 0.4) is 0 Å². The summed E-state index contributed by atoms with van der Waals surface area (Å²) in [6.45, 7) is 1.70. The van der Waals surface area contributed by atoms with Crippen LogP contribution in [0.4, 0.5) is 0 Å². The molecule has 0 bridgehead atoms. The maximum absolute atomic E-state index is 5.59. The highest BCUT2D eigenvalue weighted by Gasteiger charge is 2.22. The minimum Gasteiger partial charge on any atom is -0.370 e. The van der Waals surface area contributed by atoms with E-state index >= 15 is 0 Å². The molecule has 2 aliphatic rings. The SMILES string of the molecule is c1cc(CNC2CC2)nc(C2CCCO2)n1. The molecule has 16 heavy (non-hydrogen) atoms. The first-order chi connectivity index (χ1) is 7.92. The zero-order valence-corrected chi connectivity index (χ0v) is 9.35. The van der Waals surface area contributed by atoms with Crippen LogP contribution in [0, 0.1) is 0 Å². The molecule has 1 atom stereocenters. The van der Waals surface area contributed by atoms with Gasteiger partial charge in [-0.05, 0) is 31.7 Å². The van der Waals surface area contributed by atoms with Gasteiger partial charge in [-0.15, -0.1) is 0 Å². The van der Waals surface area contributed by atoms with Gasteiger partial charge in [-0.2, -0.15) is 0 Å². The van der Waals surface area contributed by atoms with Crippen molar-refractivity contribution in [1.29, 1.82) is 0 Å². The molecule has 1 unspecified atom stereocenters. The molecule has 1 aliphatic heterocycles. The van der Waals surface area contributed by atoms with Crippen LogP contribution >= 0.6 is 0 Å². The Morgan fingerprint density at radius 3 is 3.06 bits per heavy atom. The van der Waals surface area contributed by atoms with E-state index < -0.39 is 0 Å². The Hall–Kier alpha value is -1.00. The summed E-state index contributed by atoms with van der Waals surface area (Å²) < 4.78 is 5.59. The molecule has 1 N–H and O–H groups in total. The van der Waals surface area contributed by atoms with Gasteiger partial charge in [0, 0.05) is 25.4 Å². The summed E-state index contributed by atoms with van der Waals surface area (Å²) in [5.74, 6) is 0.854. The molecule has 4 heteroatoms.